The molecule has 0 fully saturated rings. The van der Waals surface area contributed by atoms with E-state index in [1.54, 1.807) is 31.6 Å². The number of aromatic amines is 1. The standard InChI is InChI=1S/C21H19N3O3S/c1-13-6-4-5-7-15(13)12-27-18-10-14(8-9-17(18)26-2)19-16(11-22)20(25)24-21(23-19)28-3/h4-10H,12H2,1-3H3,(H,23,24,25). The molecule has 0 atom stereocenters. The highest BCUT2D eigenvalue weighted by atomic mass is 32.2. The number of rotatable bonds is 6. The third kappa shape index (κ3) is 4.02. The first-order valence-electron chi connectivity index (χ1n) is 8.51. The van der Waals surface area contributed by atoms with E-state index in [2.05, 4.69) is 9.97 Å². The van der Waals surface area contributed by atoms with Crippen molar-refractivity contribution in [1.29, 1.82) is 5.26 Å². The van der Waals surface area contributed by atoms with Crippen LogP contribution in [0.5, 0.6) is 11.5 Å². The molecule has 1 heterocycles. The van der Waals surface area contributed by atoms with E-state index < -0.39 is 5.56 Å². The number of ether oxygens (including phenoxy) is 2. The van der Waals surface area contributed by atoms with E-state index in [0.717, 1.165) is 11.1 Å². The number of hydrogen-bond acceptors (Lipinski definition) is 6. The maximum Gasteiger partial charge on any atom is 0.270 e. The van der Waals surface area contributed by atoms with Gasteiger partial charge < -0.3 is 14.5 Å². The van der Waals surface area contributed by atoms with Gasteiger partial charge in [-0.15, -0.1) is 0 Å². The van der Waals surface area contributed by atoms with E-state index in [1.165, 1.54) is 11.8 Å². The lowest BCUT2D eigenvalue weighted by atomic mass is 10.1. The molecule has 1 N–H and O–H groups in total. The van der Waals surface area contributed by atoms with Crippen molar-refractivity contribution in [2.24, 2.45) is 0 Å². The highest BCUT2D eigenvalue weighted by molar-refractivity contribution is 7.98. The molecule has 2 aromatic carbocycles. The summed E-state index contributed by atoms with van der Waals surface area (Å²) < 4.78 is 11.4. The summed E-state index contributed by atoms with van der Waals surface area (Å²) in [6.07, 6.45) is 1.80. The quantitative estimate of drug-likeness (QED) is 0.504. The fourth-order valence-corrected chi connectivity index (χ4v) is 3.10. The van der Waals surface area contributed by atoms with Gasteiger partial charge in [-0.2, -0.15) is 5.26 Å². The van der Waals surface area contributed by atoms with Crippen LogP contribution < -0.4 is 15.0 Å². The van der Waals surface area contributed by atoms with E-state index in [1.807, 2.05) is 37.3 Å². The second-order valence-corrected chi connectivity index (χ2v) is 6.79. The zero-order chi connectivity index (χ0) is 20.1. The molecule has 0 spiro atoms. The van der Waals surface area contributed by atoms with E-state index >= 15 is 0 Å². The van der Waals surface area contributed by atoms with E-state index in [-0.39, 0.29) is 5.56 Å². The molecule has 0 amide bonds. The predicted octanol–water partition coefficient (Wildman–Crippen LogP) is 3.93. The Morgan fingerprint density at radius 1 is 1.21 bits per heavy atom. The third-order valence-electron chi connectivity index (χ3n) is 4.28. The SMILES string of the molecule is COc1ccc(-c2nc(SC)[nH]c(=O)c2C#N)cc1OCc1ccccc1C. The molecule has 28 heavy (non-hydrogen) atoms. The Bertz CT molecular complexity index is 1100. The molecule has 0 radical (unpaired) electrons. The highest BCUT2D eigenvalue weighted by Gasteiger charge is 2.16. The summed E-state index contributed by atoms with van der Waals surface area (Å²) in [6, 6.07) is 15.1. The maximum atomic E-state index is 12.2. The van der Waals surface area contributed by atoms with Crippen LogP contribution in [0.25, 0.3) is 11.3 Å². The van der Waals surface area contributed by atoms with E-state index in [0.29, 0.717) is 34.5 Å². The normalized spacial score (nSPS) is 10.4. The van der Waals surface area contributed by atoms with Crippen LogP contribution in [0.4, 0.5) is 0 Å². The number of H-pyrrole nitrogens is 1. The first-order valence-corrected chi connectivity index (χ1v) is 9.74. The number of nitrogens with zero attached hydrogens (tertiary/aromatic N) is 2. The molecule has 6 nitrogen and oxygen atoms in total. The summed E-state index contributed by atoms with van der Waals surface area (Å²) >= 11 is 1.30. The molecule has 0 aliphatic rings. The van der Waals surface area contributed by atoms with Gasteiger partial charge in [-0.05, 0) is 42.5 Å². The van der Waals surface area contributed by atoms with E-state index in [9.17, 15) is 10.1 Å². The smallest absolute Gasteiger partial charge is 0.270 e. The maximum absolute atomic E-state index is 12.2. The summed E-state index contributed by atoms with van der Waals surface area (Å²) in [6.45, 7) is 2.39. The van der Waals surface area contributed by atoms with Gasteiger partial charge in [-0.1, -0.05) is 36.0 Å². The van der Waals surface area contributed by atoms with Crippen molar-refractivity contribution in [2.45, 2.75) is 18.7 Å². The Morgan fingerprint density at radius 2 is 2.00 bits per heavy atom. The van der Waals surface area contributed by atoms with Gasteiger partial charge in [0.15, 0.2) is 16.7 Å². The lowest BCUT2D eigenvalue weighted by Crippen LogP contribution is -2.14. The fourth-order valence-electron chi connectivity index (χ4n) is 2.73. The van der Waals surface area contributed by atoms with Crippen molar-refractivity contribution in [2.75, 3.05) is 13.4 Å². The molecule has 0 aliphatic carbocycles. The van der Waals surface area contributed by atoms with Gasteiger partial charge in [-0.3, -0.25) is 4.79 Å². The number of thioether (sulfide) groups is 1. The molecule has 0 aliphatic heterocycles. The summed E-state index contributed by atoms with van der Waals surface area (Å²) in [5.74, 6) is 1.07. The number of nitriles is 1. The largest absolute Gasteiger partial charge is 0.493 e. The number of benzene rings is 2. The Hall–Kier alpha value is -3.24. The van der Waals surface area contributed by atoms with Crippen molar-refractivity contribution in [3.63, 3.8) is 0 Å². The van der Waals surface area contributed by atoms with Gasteiger partial charge >= 0.3 is 0 Å². The zero-order valence-corrected chi connectivity index (χ0v) is 16.6. The van der Waals surface area contributed by atoms with Crippen molar-refractivity contribution in [3.05, 3.63) is 69.5 Å². The summed E-state index contributed by atoms with van der Waals surface area (Å²) in [5.41, 5.74) is 2.62. The Labute approximate surface area is 167 Å². The van der Waals surface area contributed by atoms with Gasteiger partial charge in [-0.25, -0.2) is 4.98 Å². The van der Waals surface area contributed by atoms with Crippen LogP contribution in [0.15, 0.2) is 52.4 Å². The average Bonchev–Trinajstić information content (AvgIpc) is 2.72. The second kappa shape index (κ2) is 8.63. The molecule has 7 heteroatoms. The first-order chi connectivity index (χ1) is 13.6. The van der Waals surface area contributed by atoms with Crippen molar-refractivity contribution < 1.29 is 9.47 Å². The number of aryl methyl sites for hydroxylation is 1. The number of methoxy groups -OCH3 is 1. The Kier molecular flexibility index (Phi) is 6.02. The minimum absolute atomic E-state index is 0.0344. The Morgan fingerprint density at radius 3 is 2.68 bits per heavy atom. The van der Waals surface area contributed by atoms with Gasteiger partial charge in [0.1, 0.15) is 18.2 Å². The molecule has 3 rings (SSSR count). The summed E-state index contributed by atoms with van der Waals surface area (Å²) in [4.78, 5) is 19.2. The minimum Gasteiger partial charge on any atom is -0.493 e. The molecular formula is C21H19N3O3S. The van der Waals surface area contributed by atoms with Gasteiger partial charge in [0.2, 0.25) is 0 Å². The van der Waals surface area contributed by atoms with Crippen molar-refractivity contribution in [3.8, 4) is 28.8 Å². The predicted molar refractivity (Wildman–Crippen MR) is 109 cm³/mol. The number of hydrogen-bond donors (Lipinski definition) is 1. The molecule has 0 unspecified atom stereocenters. The number of aromatic nitrogens is 2. The van der Waals surface area contributed by atoms with Gasteiger partial charge in [0, 0.05) is 5.56 Å². The third-order valence-corrected chi connectivity index (χ3v) is 4.86. The molecule has 1 aromatic heterocycles. The molecule has 142 valence electrons. The van der Waals surface area contributed by atoms with Crippen LogP contribution in [-0.4, -0.2) is 23.3 Å². The van der Waals surface area contributed by atoms with Crippen LogP contribution in [0, 0.1) is 18.3 Å². The first kappa shape index (κ1) is 19.5. The topological polar surface area (TPSA) is 88.0 Å². The fraction of sp³-hybridized carbons (Fsp3) is 0.190. The molecule has 0 saturated carbocycles. The van der Waals surface area contributed by atoms with Crippen LogP contribution in [0.2, 0.25) is 0 Å². The van der Waals surface area contributed by atoms with Crippen LogP contribution in [0.1, 0.15) is 16.7 Å². The zero-order valence-electron chi connectivity index (χ0n) is 15.8. The van der Waals surface area contributed by atoms with Gasteiger partial charge in [0.25, 0.3) is 5.56 Å². The van der Waals surface area contributed by atoms with Gasteiger partial charge in [0.05, 0.1) is 12.8 Å². The van der Waals surface area contributed by atoms with Crippen molar-refractivity contribution in [1.82, 2.24) is 9.97 Å². The lowest BCUT2D eigenvalue weighted by Gasteiger charge is -2.14. The van der Waals surface area contributed by atoms with Crippen LogP contribution >= 0.6 is 11.8 Å². The average molecular weight is 393 g/mol. The second-order valence-electron chi connectivity index (χ2n) is 5.99. The summed E-state index contributed by atoms with van der Waals surface area (Å²) in [5, 5.41) is 9.85. The monoisotopic (exact) mass is 393 g/mol. The molecule has 0 bridgehead atoms. The molecule has 3 aromatic rings. The molecular weight excluding hydrogens is 374 g/mol. The summed E-state index contributed by atoms with van der Waals surface area (Å²) in [7, 11) is 1.56. The minimum atomic E-state index is -0.463. The molecule has 0 saturated heterocycles. The highest BCUT2D eigenvalue weighted by Crippen LogP contribution is 2.33. The van der Waals surface area contributed by atoms with E-state index in [4.69, 9.17) is 9.47 Å². The van der Waals surface area contributed by atoms with Crippen LogP contribution in [-0.2, 0) is 6.61 Å². The number of nitrogens with one attached hydrogen (secondary N) is 1. The van der Waals surface area contributed by atoms with Crippen molar-refractivity contribution >= 4 is 11.8 Å². The van der Waals surface area contributed by atoms with Crippen LogP contribution in [0.3, 0.4) is 0 Å². The Balaban J connectivity index is 2.02. The lowest BCUT2D eigenvalue weighted by molar-refractivity contribution is 0.284.